The van der Waals surface area contributed by atoms with Crippen molar-refractivity contribution in [2.45, 2.75) is 19.0 Å². The van der Waals surface area contributed by atoms with E-state index < -0.39 is 25.3 Å². The van der Waals surface area contributed by atoms with Gasteiger partial charge in [0.1, 0.15) is 6.61 Å². The highest BCUT2D eigenvalue weighted by atomic mass is 19.4. The average Bonchev–Trinajstić information content (AvgIpc) is 2.57. The van der Waals surface area contributed by atoms with Crippen LogP contribution in [-0.2, 0) is 16.0 Å². The van der Waals surface area contributed by atoms with Crippen LogP contribution in [0, 0.1) is 0 Å². The number of anilines is 1. The number of alkyl halides is 3. The summed E-state index contributed by atoms with van der Waals surface area (Å²) in [5.41, 5.74) is 2.65. The van der Waals surface area contributed by atoms with Gasteiger partial charge in [-0.15, -0.1) is 0 Å². The number of carbonyl (C=O) groups excluding carboxylic acids is 2. The molecular weight excluding hydrogens is 349 g/mol. The monoisotopic (exact) mass is 364 g/mol. The number of carbonyl (C=O) groups is 1. The number of ether oxygens (including phenoxy) is 1. The summed E-state index contributed by atoms with van der Waals surface area (Å²) in [6, 6.07) is 13.8. The van der Waals surface area contributed by atoms with Crippen LogP contribution in [0.1, 0.15) is 17.5 Å². The van der Waals surface area contributed by atoms with E-state index in [1.54, 1.807) is 36.4 Å². The second-order valence-electron chi connectivity index (χ2n) is 5.33. The van der Waals surface area contributed by atoms with E-state index in [0.717, 1.165) is 11.1 Å². The lowest BCUT2D eigenvalue weighted by Gasteiger charge is -2.09. The van der Waals surface area contributed by atoms with Gasteiger partial charge in [-0.3, -0.25) is 5.32 Å². The summed E-state index contributed by atoms with van der Waals surface area (Å²) < 4.78 is 40.5. The molecule has 0 atom stereocenters. The molecule has 0 heterocycles. The van der Waals surface area contributed by atoms with Crippen LogP contribution in [0.2, 0.25) is 0 Å². The third-order valence-corrected chi connectivity index (χ3v) is 3.37. The number of aliphatic imine (C=N–C) groups is 1. The molecule has 0 bridgehead atoms. The first kappa shape index (κ1) is 19.2. The van der Waals surface area contributed by atoms with Gasteiger partial charge in [-0.1, -0.05) is 30.3 Å². The second-order valence-corrected chi connectivity index (χ2v) is 5.33. The second kappa shape index (κ2) is 8.82. The molecular formula is C18H15F3N2O3. The number of para-hydroxylation sites is 1. The fourth-order valence-corrected chi connectivity index (χ4v) is 2.16. The molecule has 2 aromatic carbocycles. The summed E-state index contributed by atoms with van der Waals surface area (Å²) in [5.74, 6) is 0. The Hall–Kier alpha value is -3.12. The van der Waals surface area contributed by atoms with E-state index in [0.29, 0.717) is 17.8 Å². The number of amides is 1. The predicted molar refractivity (Wildman–Crippen MR) is 89.1 cm³/mol. The van der Waals surface area contributed by atoms with E-state index in [2.05, 4.69) is 15.0 Å². The summed E-state index contributed by atoms with van der Waals surface area (Å²) in [6.45, 7) is -0.735. The minimum atomic E-state index is -4.37. The highest BCUT2D eigenvalue weighted by Gasteiger charge is 2.27. The first-order chi connectivity index (χ1) is 12.4. The van der Waals surface area contributed by atoms with E-state index in [4.69, 9.17) is 0 Å². The predicted octanol–water partition coefficient (Wildman–Crippen LogP) is 4.75. The molecule has 1 N–H and O–H groups in total. The van der Waals surface area contributed by atoms with Gasteiger partial charge in [0, 0.05) is 5.69 Å². The van der Waals surface area contributed by atoms with E-state index in [1.165, 1.54) is 6.08 Å². The van der Waals surface area contributed by atoms with Crippen molar-refractivity contribution in [1.82, 2.24) is 0 Å². The van der Waals surface area contributed by atoms with Crippen LogP contribution in [0.4, 0.5) is 29.3 Å². The summed E-state index contributed by atoms with van der Waals surface area (Å²) in [4.78, 5) is 25.5. The van der Waals surface area contributed by atoms with E-state index >= 15 is 0 Å². The Balaban J connectivity index is 1.92. The number of nitrogens with one attached hydrogen (secondary N) is 1. The molecule has 0 aliphatic carbocycles. The normalized spacial score (nSPS) is 10.7. The van der Waals surface area contributed by atoms with E-state index in [1.807, 2.05) is 12.1 Å². The van der Waals surface area contributed by atoms with Gasteiger partial charge in [0.05, 0.1) is 12.1 Å². The standard InChI is InChI=1S/C18H15F3N2O3/c19-18(20,21)9-10-26-17(25)23-15-7-5-13(6-8-15)11-14-3-1-2-4-16(14)22-12-24/h1-8H,9-11H2,(H,23,25). The third-order valence-electron chi connectivity index (χ3n) is 3.37. The Labute approximate surface area is 147 Å². The fourth-order valence-electron chi connectivity index (χ4n) is 2.16. The van der Waals surface area contributed by atoms with Crippen molar-refractivity contribution in [3.8, 4) is 0 Å². The van der Waals surface area contributed by atoms with Crippen molar-refractivity contribution in [1.29, 1.82) is 0 Å². The van der Waals surface area contributed by atoms with Crippen molar-refractivity contribution in [2.24, 2.45) is 4.99 Å². The summed E-state index contributed by atoms with van der Waals surface area (Å²) >= 11 is 0. The van der Waals surface area contributed by atoms with Crippen molar-refractivity contribution < 1.29 is 27.5 Å². The number of isocyanates is 1. The van der Waals surface area contributed by atoms with Crippen molar-refractivity contribution >= 4 is 23.5 Å². The van der Waals surface area contributed by atoms with E-state index in [9.17, 15) is 22.8 Å². The zero-order valence-electron chi connectivity index (χ0n) is 13.5. The Morgan fingerprint density at radius 1 is 1.12 bits per heavy atom. The lowest BCUT2D eigenvalue weighted by molar-refractivity contribution is -0.140. The molecule has 0 saturated carbocycles. The van der Waals surface area contributed by atoms with Gasteiger partial charge in [-0.2, -0.15) is 18.2 Å². The maximum atomic E-state index is 12.0. The summed E-state index contributed by atoms with van der Waals surface area (Å²) in [5, 5.41) is 2.35. The number of hydrogen-bond acceptors (Lipinski definition) is 4. The van der Waals surface area contributed by atoms with Crippen molar-refractivity contribution in [2.75, 3.05) is 11.9 Å². The van der Waals surface area contributed by atoms with Gasteiger partial charge in [0.25, 0.3) is 0 Å². The van der Waals surface area contributed by atoms with Crippen LogP contribution in [0.3, 0.4) is 0 Å². The molecule has 0 saturated heterocycles. The highest BCUT2D eigenvalue weighted by Crippen LogP contribution is 2.22. The zero-order valence-corrected chi connectivity index (χ0v) is 13.5. The molecule has 0 unspecified atom stereocenters. The quantitative estimate of drug-likeness (QED) is 0.594. The third kappa shape index (κ3) is 6.41. The maximum absolute atomic E-state index is 12.0. The SMILES string of the molecule is O=C=Nc1ccccc1Cc1ccc(NC(=O)OCCC(F)(F)F)cc1. The zero-order chi connectivity index (χ0) is 19.0. The molecule has 26 heavy (non-hydrogen) atoms. The minimum Gasteiger partial charge on any atom is -0.449 e. The molecule has 0 radical (unpaired) electrons. The largest absolute Gasteiger partial charge is 0.449 e. The lowest BCUT2D eigenvalue weighted by atomic mass is 10.0. The number of halogens is 3. The average molecular weight is 364 g/mol. The first-order valence-corrected chi connectivity index (χ1v) is 7.62. The van der Waals surface area contributed by atoms with Gasteiger partial charge < -0.3 is 4.74 Å². The van der Waals surface area contributed by atoms with Crippen LogP contribution in [-0.4, -0.2) is 25.0 Å². The Morgan fingerprint density at radius 3 is 2.46 bits per heavy atom. The van der Waals surface area contributed by atoms with Crippen LogP contribution in [0.15, 0.2) is 53.5 Å². The van der Waals surface area contributed by atoms with E-state index in [-0.39, 0.29) is 0 Å². The molecule has 8 heteroatoms. The van der Waals surface area contributed by atoms with Gasteiger partial charge in [0.15, 0.2) is 0 Å². The molecule has 0 aliphatic heterocycles. The molecule has 2 aromatic rings. The van der Waals surface area contributed by atoms with Crippen molar-refractivity contribution in [3.63, 3.8) is 0 Å². The lowest BCUT2D eigenvalue weighted by Crippen LogP contribution is -2.18. The number of benzene rings is 2. The molecule has 0 spiro atoms. The molecule has 5 nitrogen and oxygen atoms in total. The van der Waals surface area contributed by atoms with Crippen LogP contribution >= 0.6 is 0 Å². The van der Waals surface area contributed by atoms with Crippen LogP contribution in [0.5, 0.6) is 0 Å². The number of hydrogen-bond donors (Lipinski definition) is 1. The van der Waals surface area contributed by atoms with Crippen LogP contribution in [0.25, 0.3) is 0 Å². The smallest absolute Gasteiger partial charge is 0.411 e. The summed E-state index contributed by atoms with van der Waals surface area (Å²) in [6.07, 6.45) is -4.49. The van der Waals surface area contributed by atoms with Crippen molar-refractivity contribution in [3.05, 3.63) is 59.7 Å². The Morgan fingerprint density at radius 2 is 1.81 bits per heavy atom. The number of nitrogens with zero attached hydrogens (tertiary/aromatic N) is 1. The topological polar surface area (TPSA) is 67.8 Å². The summed E-state index contributed by atoms with van der Waals surface area (Å²) in [7, 11) is 0. The van der Waals surface area contributed by atoms with Crippen LogP contribution < -0.4 is 5.32 Å². The Kier molecular flexibility index (Phi) is 6.52. The first-order valence-electron chi connectivity index (χ1n) is 7.62. The molecule has 1 amide bonds. The maximum Gasteiger partial charge on any atom is 0.411 e. The van der Waals surface area contributed by atoms with Gasteiger partial charge in [-0.05, 0) is 35.7 Å². The molecule has 136 valence electrons. The molecule has 0 fully saturated rings. The van der Waals surface area contributed by atoms with Gasteiger partial charge >= 0.3 is 12.3 Å². The molecule has 2 rings (SSSR count). The Bertz CT molecular complexity index is 798. The fraction of sp³-hybridized carbons (Fsp3) is 0.222. The highest BCUT2D eigenvalue weighted by molar-refractivity contribution is 5.84. The molecule has 0 aromatic heterocycles. The minimum absolute atomic E-state index is 0.393. The molecule has 0 aliphatic rings. The van der Waals surface area contributed by atoms with Gasteiger partial charge in [-0.25, -0.2) is 9.59 Å². The van der Waals surface area contributed by atoms with Gasteiger partial charge in [0.2, 0.25) is 6.08 Å². The number of rotatable bonds is 6.